The predicted octanol–water partition coefficient (Wildman–Crippen LogP) is 2.72. The molecule has 0 unspecified atom stereocenters. The summed E-state index contributed by atoms with van der Waals surface area (Å²) in [6.45, 7) is 16.4. The van der Waals surface area contributed by atoms with Crippen molar-refractivity contribution in [2.75, 3.05) is 59.0 Å². The summed E-state index contributed by atoms with van der Waals surface area (Å²) in [5, 5.41) is 6.91. The lowest BCUT2D eigenvalue weighted by Gasteiger charge is -2.40. The summed E-state index contributed by atoms with van der Waals surface area (Å²) >= 11 is 0. The number of halogens is 1. The maximum absolute atomic E-state index is 5.42. The standard InChI is InChI=1S/C23H39N5O.HI/c1-4-24-22(25-11-7-12-27-14-16-29-17-15-27)26-19-23(2,3)28-13-10-20-8-5-6-9-21(20)18-28;/h5-6,8-9H,4,7,10-19H2,1-3H3,(H2,24,25,26);1H. The Bertz CT molecular complexity index is 661. The molecule has 1 saturated heterocycles. The molecule has 0 spiro atoms. The molecule has 1 aromatic carbocycles. The highest BCUT2D eigenvalue weighted by molar-refractivity contribution is 14.0. The van der Waals surface area contributed by atoms with Crippen LogP contribution < -0.4 is 10.6 Å². The first-order valence-electron chi connectivity index (χ1n) is 11.2. The van der Waals surface area contributed by atoms with Crippen LogP contribution in [0.25, 0.3) is 0 Å². The Morgan fingerprint density at radius 3 is 2.57 bits per heavy atom. The molecule has 1 fully saturated rings. The third-order valence-corrected chi connectivity index (χ3v) is 6.00. The van der Waals surface area contributed by atoms with Crippen LogP contribution in [-0.4, -0.2) is 80.3 Å². The van der Waals surface area contributed by atoms with Crippen LogP contribution in [0.3, 0.4) is 0 Å². The molecule has 0 bridgehead atoms. The molecule has 3 rings (SSSR count). The number of morpholine rings is 1. The van der Waals surface area contributed by atoms with E-state index in [9.17, 15) is 0 Å². The first kappa shape index (κ1) is 25.4. The van der Waals surface area contributed by atoms with E-state index in [0.717, 1.165) is 84.4 Å². The Kier molecular flexibility index (Phi) is 10.8. The van der Waals surface area contributed by atoms with Gasteiger partial charge in [0.2, 0.25) is 0 Å². The zero-order valence-corrected chi connectivity index (χ0v) is 21.3. The minimum absolute atomic E-state index is 0. The number of rotatable bonds is 8. The van der Waals surface area contributed by atoms with E-state index in [2.05, 4.69) is 65.5 Å². The van der Waals surface area contributed by atoms with Crippen molar-refractivity contribution in [3.05, 3.63) is 35.4 Å². The largest absolute Gasteiger partial charge is 0.379 e. The molecular weight excluding hydrogens is 489 g/mol. The van der Waals surface area contributed by atoms with Gasteiger partial charge in [0, 0.05) is 44.8 Å². The van der Waals surface area contributed by atoms with Gasteiger partial charge < -0.3 is 15.4 Å². The second-order valence-electron chi connectivity index (χ2n) is 8.68. The first-order valence-corrected chi connectivity index (χ1v) is 11.2. The smallest absolute Gasteiger partial charge is 0.191 e. The van der Waals surface area contributed by atoms with Crippen molar-refractivity contribution in [2.45, 2.75) is 45.7 Å². The molecule has 0 aliphatic carbocycles. The number of nitrogens with zero attached hydrogens (tertiary/aromatic N) is 3. The fourth-order valence-electron chi connectivity index (χ4n) is 4.06. The zero-order chi connectivity index (χ0) is 20.5. The van der Waals surface area contributed by atoms with Crippen LogP contribution in [0.4, 0.5) is 0 Å². The number of ether oxygens (including phenoxy) is 1. The summed E-state index contributed by atoms with van der Waals surface area (Å²) in [5.41, 5.74) is 2.99. The van der Waals surface area contributed by atoms with Crippen LogP contribution in [0.5, 0.6) is 0 Å². The maximum Gasteiger partial charge on any atom is 0.191 e. The number of aliphatic imine (C=N–C) groups is 1. The van der Waals surface area contributed by atoms with Gasteiger partial charge in [0.15, 0.2) is 5.96 Å². The number of guanidine groups is 1. The molecule has 2 aliphatic heterocycles. The van der Waals surface area contributed by atoms with Crippen molar-refractivity contribution < 1.29 is 4.74 Å². The zero-order valence-electron chi connectivity index (χ0n) is 19.0. The van der Waals surface area contributed by atoms with Crippen molar-refractivity contribution in [2.24, 2.45) is 4.99 Å². The molecule has 2 aliphatic rings. The highest BCUT2D eigenvalue weighted by Gasteiger charge is 2.29. The van der Waals surface area contributed by atoms with Crippen LogP contribution in [0.1, 0.15) is 38.3 Å². The SMILES string of the molecule is CCNC(=NCC(C)(C)N1CCc2ccccc2C1)NCCCN1CCOCC1.I. The first-order chi connectivity index (χ1) is 14.1. The van der Waals surface area contributed by atoms with Gasteiger partial charge in [-0.25, -0.2) is 0 Å². The Morgan fingerprint density at radius 1 is 1.10 bits per heavy atom. The summed E-state index contributed by atoms with van der Waals surface area (Å²) in [5.74, 6) is 0.931. The molecule has 0 amide bonds. The van der Waals surface area contributed by atoms with Gasteiger partial charge in [-0.1, -0.05) is 24.3 Å². The summed E-state index contributed by atoms with van der Waals surface area (Å²) in [6.07, 6.45) is 2.25. The van der Waals surface area contributed by atoms with Crippen LogP contribution in [0.2, 0.25) is 0 Å². The van der Waals surface area contributed by atoms with Crippen molar-refractivity contribution in [3.8, 4) is 0 Å². The van der Waals surface area contributed by atoms with Crippen LogP contribution in [0.15, 0.2) is 29.3 Å². The van der Waals surface area contributed by atoms with E-state index in [1.807, 2.05) is 0 Å². The summed E-state index contributed by atoms with van der Waals surface area (Å²) in [6, 6.07) is 8.83. The highest BCUT2D eigenvalue weighted by atomic mass is 127. The van der Waals surface area contributed by atoms with Crippen LogP contribution >= 0.6 is 24.0 Å². The number of benzene rings is 1. The lowest BCUT2D eigenvalue weighted by Crippen LogP contribution is -2.49. The van der Waals surface area contributed by atoms with Crippen molar-refractivity contribution in [1.29, 1.82) is 0 Å². The quantitative estimate of drug-likeness (QED) is 0.235. The Balaban J connectivity index is 0.00000320. The number of nitrogens with one attached hydrogen (secondary N) is 2. The third kappa shape index (κ3) is 7.66. The van der Waals surface area contributed by atoms with E-state index < -0.39 is 0 Å². The minimum Gasteiger partial charge on any atom is -0.379 e. The molecular formula is C23H40IN5O. The lowest BCUT2D eigenvalue weighted by molar-refractivity contribution is 0.0376. The molecule has 0 radical (unpaired) electrons. The van der Waals surface area contributed by atoms with E-state index >= 15 is 0 Å². The summed E-state index contributed by atoms with van der Waals surface area (Å²) in [4.78, 5) is 9.97. The second-order valence-corrected chi connectivity index (χ2v) is 8.68. The highest BCUT2D eigenvalue weighted by Crippen LogP contribution is 2.25. The molecule has 2 heterocycles. The maximum atomic E-state index is 5.42. The topological polar surface area (TPSA) is 52.1 Å². The minimum atomic E-state index is 0. The molecule has 170 valence electrons. The molecule has 0 atom stereocenters. The van der Waals surface area contributed by atoms with Crippen molar-refractivity contribution in [3.63, 3.8) is 0 Å². The predicted molar refractivity (Wildman–Crippen MR) is 136 cm³/mol. The molecule has 1 aromatic rings. The van der Waals surface area contributed by atoms with Gasteiger partial charge in [0.05, 0.1) is 19.8 Å². The van der Waals surface area contributed by atoms with Gasteiger partial charge in [-0.15, -0.1) is 24.0 Å². The molecule has 0 aromatic heterocycles. The van der Waals surface area contributed by atoms with Gasteiger partial charge in [-0.3, -0.25) is 14.8 Å². The van der Waals surface area contributed by atoms with Gasteiger partial charge in [-0.05, 0) is 51.3 Å². The van der Waals surface area contributed by atoms with Gasteiger partial charge >= 0.3 is 0 Å². The lowest BCUT2D eigenvalue weighted by atomic mass is 9.94. The molecule has 6 nitrogen and oxygen atoms in total. The number of hydrogen-bond donors (Lipinski definition) is 2. The summed E-state index contributed by atoms with van der Waals surface area (Å²) in [7, 11) is 0. The van der Waals surface area contributed by atoms with Gasteiger partial charge in [0.25, 0.3) is 0 Å². The van der Waals surface area contributed by atoms with Gasteiger partial charge in [-0.2, -0.15) is 0 Å². The van der Waals surface area contributed by atoms with Crippen molar-refractivity contribution >= 4 is 29.9 Å². The molecule has 2 N–H and O–H groups in total. The van der Waals surface area contributed by atoms with Crippen LogP contribution in [0, 0.1) is 0 Å². The normalized spacial score (nSPS) is 18.4. The average Bonchev–Trinajstić information content (AvgIpc) is 2.75. The van der Waals surface area contributed by atoms with E-state index in [-0.39, 0.29) is 29.5 Å². The number of fused-ring (bicyclic) bond motifs is 1. The van der Waals surface area contributed by atoms with E-state index in [1.54, 1.807) is 0 Å². The third-order valence-electron chi connectivity index (χ3n) is 6.00. The Labute approximate surface area is 199 Å². The average molecular weight is 530 g/mol. The Morgan fingerprint density at radius 2 is 1.83 bits per heavy atom. The molecule has 0 saturated carbocycles. The van der Waals surface area contributed by atoms with Gasteiger partial charge in [0.1, 0.15) is 0 Å². The van der Waals surface area contributed by atoms with Crippen molar-refractivity contribution in [1.82, 2.24) is 20.4 Å². The number of hydrogen-bond acceptors (Lipinski definition) is 4. The second kappa shape index (κ2) is 12.8. The Hall–Kier alpha value is -0.900. The van der Waals surface area contributed by atoms with E-state index in [1.165, 1.54) is 11.1 Å². The molecule has 30 heavy (non-hydrogen) atoms. The fourth-order valence-corrected chi connectivity index (χ4v) is 4.06. The fraction of sp³-hybridized carbons (Fsp3) is 0.696. The monoisotopic (exact) mass is 529 g/mol. The van der Waals surface area contributed by atoms with Crippen LogP contribution in [-0.2, 0) is 17.7 Å². The van der Waals surface area contributed by atoms with E-state index in [0.29, 0.717) is 0 Å². The molecule has 7 heteroatoms. The summed E-state index contributed by atoms with van der Waals surface area (Å²) < 4.78 is 5.42. The van der Waals surface area contributed by atoms with E-state index in [4.69, 9.17) is 9.73 Å².